The molecule has 0 bridgehead atoms. The number of hydrogen-bond acceptors (Lipinski definition) is 23. The van der Waals surface area contributed by atoms with Crippen molar-refractivity contribution in [2.75, 3.05) is 152 Å². The minimum atomic E-state index is -0.980. The Morgan fingerprint density at radius 3 is 0.873 bits per heavy atom. The van der Waals surface area contributed by atoms with Crippen LogP contribution in [0.25, 0.3) is 0 Å². The molecule has 0 spiro atoms. The Balaban J connectivity index is 5.39. The zero-order chi connectivity index (χ0) is 82.8. The van der Waals surface area contributed by atoms with E-state index in [0.717, 1.165) is 19.3 Å². The molecule has 0 aromatic rings. The van der Waals surface area contributed by atoms with E-state index in [-0.39, 0.29) is 210 Å². The number of guanidine groups is 3. The highest BCUT2D eigenvalue weighted by atomic mass is 16.3. The van der Waals surface area contributed by atoms with Crippen LogP contribution in [-0.4, -0.2) is 288 Å². The minimum absolute atomic E-state index is 0.00319. The van der Waals surface area contributed by atoms with Crippen LogP contribution in [0, 0.1) is 45.8 Å². The number of hydrogen-bond donors (Lipinski definition) is 29. The molecule has 0 aliphatic heterocycles. The maximum absolute atomic E-state index is 13.5. The van der Waals surface area contributed by atoms with Gasteiger partial charge in [0.25, 0.3) is 0 Å². The molecule has 0 fully saturated rings. The largest absolute Gasteiger partial charge is 0.391 e. The van der Waals surface area contributed by atoms with Crippen LogP contribution >= 0.6 is 0 Å². The molecule has 0 aliphatic carbocycles. The highest BCUT2D eigenvalue weighted by Crippen LogP contribution is 2.10. The van der Waals surface area contributed by atoms with Gasteiger partial charge >= 0.3 is 0 Å². The summed E-state index contributed by atoms with van der Waals surface area (Å²) in [7, 11) is 3.54. The lowest BCUT2D eigenvalue weighted by Gasteiger charge is -2.26. The first kappa shape index (κ1) is 103. The molecule has 9 amide bonds. The standard InChI is InChI=1S/C72H150N28O10/c1-14-50(10)59(35-88-42-66(107)97-57(26-48(6)7)33-86-41-65(106)95-55(24-46(2)3)31-81-37-61(73)102)99-68(109)44-84-30-54(20-17-22-91-71(76)77)94-63(104)39-85-32-56(25-47(4)5)98-67(108)43-89-36-60(51(11)101)100-69(110)45-87-34-58(27-49(8)9)96-64(105)40-83-29-53(19-16-21-90-70(74)75)93-62(103)38-82-28-52(79-12)18-15-23-92-72(78)80-13/h46-60,79,81-89,101H,14-45H2,1-13H3,(H2,73,102)(H,93,103)(H,94,104)(H,95,106)(H,96,105)(H,97,107)(H,98,108)(H,99,109)(H,100,110)(H4,74,75,90)(H4,76,77,91)(H3,78,80,92). The average molecular weight is 1570 g/mol. The molecule has 38 nitrogen and oxygen atoms in total. The lowest BCUT2D eigenvalue weighted by molar-refractivity contribution is -0.123. The van der Waals surface area contributed by atoms with Crippen molar-refractivity contribution in [2.24, 2.45) is 46.8 Å². The molecule has 110 heavy (non-hydrogen) atoms. The lowest BCUT2D eigenvalue weighted by atomic mass is 9.99. The van der Waals surface area contributed by atoms with Gasteiger partial charge in [-0.25, -0.2) is 0 Å². The number of aliphatic hydroxyl groups is 1. The van der Waals surface area contributed by atoms with Gasteiger partial charge < -0.3 is 139 Å². The first-order valence-corrected chi connectivity index (χ1v) is 39.6. The van der Waals surface area contributed by atoms with Crippen LogP contribution in [-0.2, 0) is 43.2 Å². The van der Waals surface area contributed by atoms with E-state index < -0.39 is 30.0 Å². The zero-order valence-corrected chi connectivity index (χ0v) is 68.6. The summed E-state index contributed by atoms with van der Waals surface area (Å²) in [5, 5.41) is 100. The summed E-state index contributed by atoms with van der Waals surface area (Å²) in [6.45, 7) is 25.9. The molecular formula is C72H150N28O10. The molecule has 32 N–H and O–H groups in total. The van der Waals surface area contributed by atoms with Gasteiger partial charge in [0.15, 0.2) is 17.9 Å². The van der Waals surface area contributed by atoms with Gasteiger partial charge in [-0.3, -0.25) is 59.4 Å². The van der Waals surface area contributed by atoms with Gasteiger partial charge in [0, 0.05) is 134 Å². The Bertz CT molecular complexity index is 2610. The van der Waals surface area contributed by atoms with Gasteiger partial charge in [-0.2, -0.15) is 0 Å². The fraction of sp³-hybridized carbons (Fsp3) is 0.833. The summed E-state index contributed by atoms with van der Waals surface area (Å²) in [6.07, 6.45) is 6.24. The normalized spacial score (nSPS) is 14.5. The van der Waals surface area contributed by atoms with E-state index in [4.69, 9.17) is 33.4 Å². The van der Waals surface area contributed by atoms with E-state index in [0.29, 0.717) is 110 Å². The molecular weight excluding hydrogens is 1420 g/mol. The smallest absolute Gasteiger partial charge is 0.234 e. The third-order valence-electron chi connectivity index (χ3n) is 17.6. The van der Waals surface area contributed by atoms with Crippen molar-refractivity contribution in [3.05, 3.63) is 0 Å². The number of aliphatic hydroxyl groups excluding tert-OH is 1. The second-order valence-corrected chi connectivity index (χ2v) is 30.4. The molecule has 0 radical (unpaired) electrons. The van der Waals surface area contributed by atoms with Crippen LogP contribution in [0.1, 0.15) is 147 Å². The molecule has 38 heteroatoms. The molecule has 0 saturated carbocycles. The van der Waals surface area contributed by atoms with Crippen LogP contribution in [0.4, 0.5) is 0 Å². The van der Waals surface area contributed by atoms with E-state index in [2.05, 4.69) is 145 Å². The van der Waals surface area contributed by atoms with Crippen molar-refractivity contribution in [1.82, 2.24) is 117 Å². The summed E-state index contributed by atoms with van der Waals surface area (Å²) >= 11 is 0. The van der Waals surface area contributed by atoms with E-state index in [1.807, 2.05) is 48.6 Å². The number of nitrogens with two attached hydrogens (primary N) is 3. The Morgan fingerprint density at radius 1 is 0.336 bits per heavy atom. The van der Waals surface area contributed by atoms with Crippen molar-refractivity contribution in [1.29, 1.82) is 16.2 Å². The maximum atomic E-state index is 13.5. The highest BCUT2D eigenvalue weighted by molar-refractivity contribution is 5.82. The summed E-state index contributed by atoms with van der Waals surface area (Å²) in [5.74, 6) is -1.73. The fourth-order valence-electron chi connectivity index (χ4n) is 12.1. The van der Waals surface area contributed by atoms with Gasteiger partial charge in [-0.05, 0) is 108 Å². The number of amides is 9. The SMILES string of the molecule is CCC(C)C(CNCC(=O)NC(CNCC(=O)NC(CNCC(N)=O)CC(C)C)CC(C)C)NC(=O)CNCC(CCCNC(=N)N)NC(=O)CNCC(CC(C)C)NC(=O)CNCC(NC(=O)CNCC(CC(C)C)NC(=O)CNCC(CCCNC(=N)N)NC(=O)CNCC(CCCNC(=N)NC)NC)C(C)O. The van der Waals surface area contributed by atoms with Crippen LogP contribution in [0.5, 0.6) is 0 Å². The number of rotatable bonds is 68. The Kier molecular flexibility index (Phi) is 58.9. The van der Waals surface area contributed by atoms with E-state index in [1.165, 1.54) is 6.92 Å². The lowest BCUT2D eigenvalue weighted by Crippen LogP contribution is -2.53. The number of carbonyl (C=O) groups is 9. The van der Waals surface area contributed by atoms with Crippen molar-refractivity contribution >= 4 is 71.0 Å². The second kappa shape index (κ2) is 63.2. The summed E-state index contributed by atoms with van der Waals surface area (Å²) in [6, 6.07) is -2.79. The Labute approximate surface area is 655 Å². The van der Waals surface area contributed by atoms with Gasteiger partial charge in [-0.1, -0.05) is 75.7 Å². The predicted octanol–water partition coefficient (Wildman–Crippen LogP) is -6.09. The number of nitrogens with one attached hydrogen (secondary N) is 25. The maximum Gasteiger partial charge on any atom is 0.234 e. The van der Waals surface area contributed by atoms with Gasteiger partial charge in [0.05, 0.1) is 71.0 Å². The van der Waals surface area contributed by atoms with Crippen LogP contribution in [0.2, 0.25) is 0 Å². The molecule has 11 atom stereocenters. The van der Waals surface area contributed by atoms with E-state index in [1.54, 1.807) is 7.05 Å². The first-order valence-electron chi connectivity index (χ1n) is 39.6. The van der Waals surface area contributed by atoms with Gasteiger partial charge in [-0.15, -0.1) is 0 Å². The Morgan fingerprint density at radius 2 is 0.591 bits per heavy atom. The van der Waals surface area contributed by atoms with Crippen LogP contribution < -0.4 is 134 Å². The van der Waals surface area contributed by atoms with Crippen LogP contribution in [0.15, 0.2) is 0 Å². The van der Waals surface area contributed by atoms with Crippen molar-refractivity contribution in [3.8, 4) is 0 Å². The zero-order valence-electron chi connectivity index (χ0n) is 68.6. The third kappa shape index (κ3) is 59.4. The number of carbonyl (C=O) groups excluding carboxylic acids is 9. The monoisotopic (exact) mass is 1570 g/mol. The number of likely N-dealkylation sites (N-methyl/N-ethyl adjacent to an activating group) is 1. The molecule has 0 aliphatic rings. The highest BCUT2D eigenvalue weighted by Gasteiger charge is 2.25. The molecule has 0 aromatic heterocycles. The predicted molar refractivity (Wildman–Crippen MR) is 435 cm³/mol. The molecule has 0 rings (SSSR count). The minimum Gasteiger partial charge on any atom is -0.391 e. The summed E-state index contributed by atoms with van der Waals surface area (Å²) in [5.41, 5.74) is 16.2. The molecule has 0 heterocycles. The Hall–Kier alpha value is -7.40. The van der Waals surface area contributed by atoms with Crippen LogP contribution in [0.3, 0.4) is 0 Å². The topological polar surface area (TPSA) is 588 Å². The number of primary amides is 1. The van der Waals surface area contributed by atoms with Crippen molar-refractivity contribution < 1.29 is 48.3 Å². The quantitative estimate of drug-likeness (QED) is 0.0153. The fourth-order valence-corrected chi connectivity index (χ4v) is 12.1. The van der Waals surface area contributed by atoms with E-state index >= 15 is 0 Å². The van der Waals surface area contributed by atoms with Gasteiger partial charge in [0.1, 0.15) is 0 Å². The van der Waals surface area contributed by atoms with Gasteiger partial charge in [0.2, 0.25) is 53.2 Å². The summed E-state index contributed by atoms with van der Waals surface area (Å²) in [4.78, 5) is 117. The molecule has 0 aromatic carbocycles. The van der Waals surface area contributed by atoms with E-state index in [9.17, 15) is 48.3 Å². The molecule has 11 unspecified atom stereocenters. The molecule has 0 saturated heterocycles. The summed E-state index contributed by atoms with van der Waals surface area (Å²) < 4.78 is 0. The first-order chi connectivity index (χ1) is 52.1. The molecule has 638 valence electrons. The second-order valence-electron chi connectivity index (χ2n) is 30.4. The van der Waals surface area contributed by atoms with Crippen molar-refractivity contribution in [3.63, 3.8) is 0 Å². The third-order valence-corrected chi connectivity index (χ3v) is 17.6. The average Bonchev–Trinajstić information content (AvgIpc) is 0.926. The van der Waals surface area contributed by atoms with Crippen molar-refractivity contribution in [2.45, 2.75) is 207 Å².